The Morgan fingerprint density at radius 2 is 2.05 bits per heavy atom. The molecule has 0 fully saturated rings. The van der Waals surface area contributed by atoms with Gasteiger partial charge in [-0.2, -0.15) is 0 Å². The van der Waals surface area contributed by atoms with E-state index in [9.17, 15) is 18.3 Å². The number of alkyl halides is 3. The van der Waals surface area contributed by atoms with Crippen LogP contribution in [-0.4, -0.2) is 17.6 Å². The molecule has 0 saturated carbocycles. The fourth-order valence-corrected chi connectivity index (χ4v) is 1.97. The maximum atomic E-state index is 12.1. The van der Waals surface area contributed by atoms with Crippen LogP contribution in [0.5, 0.6) is 5.75 Å². The van der Waals surface area contributed by atoms with Crippen molar-refractivity contribution >= 4 is 11.6 Å². The van der Waals surface area contributed by atoms with Crippen LogP contribution in [-0.2, 0) is 0 Å². The van der Waals surface area contributed by atoms with Crippen LogP contribution in [0.15, 0.2) is 18.2 Å². The van der Waals surface area contributed by atoms with Crippen LogP contribution in [0.25, 0.3) is 0 Å². The maximum Gasteiger partial charge on any atom is 0.573 e. The van der Waals surface area contributed by atoms with Gasteiger partial charge < -0.3 is 15.6 Å². The van der Waals surface area contributed by atoms with E-state index in [0.29, 0.717) is 12.0 Å². The van der Waals surface area contributed by atoms with Crippen molar-refractivity contribution in [2.45, 2.75) is 44.7 Å². The van der Waals surface area contributed by atoms with Gasteiger partial charge in [0.25, 0.3) is 0 Å². The topological polar surface area (TPSA) is 55.5 Å². The molecule has 0 amide bonds. The Bertz CT molecular complexity index is 440. The Hall–Kier alpha value is -0.980. The van der Waals surface area contributed by atoms with Crippen LogP contribution in [0.4, 0.5) is 13.2 Å². The van der Waals surface area contributed by atoms with Crippen LogP contribution in [0.1, 0.15) is 37.8 Å². The monoisotopic (exact) mass is 311 g/mol. The van der Waals surface area contributed by atoms with Gasteiger partial charge in [0.1, 0.15) is 5.75 Å². The molecule has 0 unspecified atom stereocenters. The fourth-order valence-electron chi connectivity index (χ4n) is 1.75. The second-order valence-electron chi connectivity index (χ2n) is 4.47. The van der Waals surface area contributed by atoms with E-state index in [-0.39, 0.29) is 5.02 Å². The summed E-state index contributed by atoms with van der Waals surface area (Å²) >= 11 is 5.73. The molecule has 3 N–H and O–H groups in total. The van der Waals surface area contributed by atoms with Crippen LogP contribution < -0.4 is 10.5 Å². The van der Waals surface area contributed by atoms with Crippen molar-refractivity contribution in [2.75, 3.05) is 0 Å². The van der Waals surface area contributed by atoms with Gasteiger partial charge in [0.15, 0.2) is 0 Å². The molecule has 0 saturated heterocycles. The van der Waals surface area contributed by atoms with Gasteiger partial charge in [-0.3, -0.25) is 0 Å². The zero-order valence-corrected chi connectivity index (χ0v) is 11.7. The highest BCUT2D eigenvalue weighted by Crippen LogP contribution is 2.32. The average molecular weight is 312 g/mol. The molecule has 0 bridgehead atoms. The molecular weight excluding hydrogens is 295 g/mol. The normalized spacial score (nSPS) is 14.9. The lowest BCUT2D eigenvalue weighted by Gasteiger charge is -2.20. The molecule has 3 nitrogen and oxygen atoms in total. The molecular formula is C13H17ClF3NO2. The second kappa shape index (κ2) is 7.15. The van der Waals surface area contributed by atoms with Gasteiger partial charge in [-0.05, 0) is 24.1 Å². The van der Waals surface area contributed by atoms with Crippen LogP contribution in [0, 0.1) is 0 Å². The average Bonchev–Trinajstić information content (AvgIpc) is 2.36. The molecule has 20 heavy (non-hydrogen) atoms. The number of ether oxygens (including phenoxy) is 1. The molecule has 1 aromatic rings. The zero-order valence-electron chi connectivity index (χ0n) is 11.0. The number of unbranched alkanes of at least 4 members (excludes halogenated alkanes) is 1. The first kappa shape index (κ1) is 17.1. The number of hydrogen-bond acceptors (Lipinski definition) is 3. The molecule has 1 aromatic carbocycles. The third-order valence-electron chi connectivity index (χ3n) is 2.83. The quantitative estimate of drug-likeness (QED) is 0.840. The summed E-state index contributed by atoms with van der Waals surface area (Å²) in [5.41, 5.74) is 6.32. The van der Waals surface area contributed by atoms with Gasteiger partial charge in [-0.25, -0.2) is 0 Å². The van der Waals surface area contributed by atoms with E-state index in [1.54, 1.807) is 0 Å². The van der Waals surface area contributed by atoms with Gasteiger partial charge in [0, 0.05) is 0 Å². The van der Waals surface area contributed by atoms with E-state index in [2.05, 4.69) is 4.74 Å². The minimum atomic E-state index is -4.80. The molecule has 0 spiro atoms. The van der Waals surface area contributed by atoms with Crippen molar-refractivity contribution < 1.29 is 23.0 Å². The molecule has 0 radical (unpaired) electrons. The fraction of sp³-hybridized carbons (Fsp3) is 0.538. The predicted octanol–water partition coefficient (Wildman–Crippen LogP) is 3.79. The number of benzene rings is 1. The second-order valence-corrected chi connectivity index (χ2v) is 4.88. The summed E-state index contributed by atoms with van der Waals surface area (Å²) in [6.07, 6.45) is -3.30. The molecule has 0 aliphatic rings. The number of aliphatic hydroxyl groups excluding tert-OH is 1. The van der Waals surface area contributed by atoms with Gasteiger partial charge in [-0.1, -0.05) is 37.4 Å². The molecule has 2 atom stereocenters. The van der Waals surface area contributed by atoms with E-state index >= 15 is 0 Å². The molecule has 0 aliphatic carbocycles. The van der Waals surface area contributed by atoms with E-state index in [1.807, 2.05) is 6.92 Å². The van der Waals surface area contributed by atoms with Crippen molar-refractivity contribution in [3.05, 3.63) is 28.8 Å². The highest BCUT2D eigenvalue weighted by atomic mass is 35.5. The highest BCUT2D eigenvalue weighted by Gasteiger charge is 2.32. The largest absolute Gasteiger partial charge is 0.573 e. The Kier molecular flexibility index (Phi) is 6.10. The van der Waals surface area contributed by atoms with Crippen molar-refractivity contribution in [3.8, 4) is 5.75 Å². The summed E-state index contributed by atoms with van der Waals surface area (Å²) in [7, 11) is 0. The summed E-state index contributed by atoms with van der Waals surface area (Å²) in [6, 6.07) is 3.05. The zero-order chi connectivity index (χ0) is 15.3. The van der Waals surface area contributed by atoms with E-state index in [1.165, 1.54) is 12.1 Å². The van der Waals surface area contributed by atoms with Crippen molar-refractivity contribution in [3.63, 3.8) is 0 Å². The minimum absolute atomic E-state index is 0.196. The van der Waals surface area contributed by atoms with Crippen molar-refractivity contribution in [1.82, 2.24) is 0 Å². The molecule has 1 rings (SSSR count). The minimum Gasteiger partial charge on any atom is -0.404 e. The first-order chi connectivity index (χ1) is 9.24. The number of nitrogens with two attached hydrogens (primary N) is 1. The van der Waals surface area contributed by atoms with Crippen LogP contribution >= 0.6 is 11.6 Å². The maximum absolute atomic E-state index is 12.1. The van der Waals surface area contributed by atoms with Gasteiger partial charge in [-0.15, -0.1) is 13.2 Å². The summed E-state index contributed by atoms with van der Waals surface area (Å²) in [4.78, 5) is 0. The third-order valence-corrected chi connectivity index (χ3v) is 3.13. The smallest absolute Gasteiger partial charge is 0.404 e. The summed E-state index contributed by atoms with van der Waals surface area (Å²) in [5.74, 6) is -0.488. The molecule has 7 heteroatoms. The number of rotatable bonds is 6. The summed E-state index contributed by atoms with van der Waals surface area (Å²) < 4.78 is 40.1. The SMILES string of the molecule is CCCC[C@@H](O)[C@@H](N)c1ccc(OC(F)(F)F)c(Cl)c1. The lowest BCUT2D eigenvalue weighted by Crippen LogP contribution is -2.26. The Labute approximate surface area is 120 Å². The van der Waals surface area contributed by atoms with Crippen LogP contribution in [0.2, 0.25) is 5.02 Å². The molecule has 0 heterocycles. The van der Waals surface area contributed by atoms with E-state index in [4.69, 9.17) is 17.3 Å². The Morgan fingerprint density at radius 3 is 2.55 bits per heavy atom. The van der Waals surface area contributed by atoms with Gasteiger partial charge in [0.2, 0.25) is 0 Å². The highest BCUT2D eigenvalue weighted by molar-refractivity contribution is 6.32. The Balaban J connectivity index is 2.81. The van der Waals surface area contributed by atoms with E-state index < -0.39 is 24.3 Å². The van der Waals surface area contributed by atoms with Crippen molar-refractivity contribution in [1.29, 1.82) is 0 Å². The van der Waals surface area contributed by atoms with Gasteiger partial charge >= 0.3 is 6.36 Å². The third kappa shape index (κ3) is 5.19. The number of halogens is 4. The summed E-state index contributed by atoms with van der Waals surface area (Å²) in [5, 5.41) is 9.67. The predicted molar refractivity (Wildman–Crippen MR) is 70.6 cm³/mol. The van der Waals surface area contributed by atoms with Gasteiger partial charge in [0.05, 0.1) is 17.2 Å². The van der Waals surface area contributed by atoms with Crippen LogP contribution in [0.3, 0.4) is 0 Å². The molecule has 0 aromatic heterocycles. The lowest BCUT2D eigenvalue weighted by molar-refractivity contribution is -0.274. The first-order valence-corrected chi connectivity index (χ1v) is 6.61. The Morgan fingerprint density at radius 1 is 1.40 bits per heavy atom. The summed E-state index contributed by atoms with van der Waals surface area (Å²) in [6.45, 7) is 1.98. The van der Waals surface area contributed by atoms with E-state index in [0.717, 1.165) is 18.9 Å². The lowest BCUT2D eigenvalue weighted by atomic mass is 9.98. The molecule has 0 aliphatic heterocycles. The molecule has 114 valence electrons. The van der Waals surface area contributed by atoms with Crippen molar-refractivity contribution in [2.24, 2.45) is 5.73 Å². The number of aliphatic hydroxyl groups is 1. The standard InChI is InChI=1S/C13H17ClF3NO2/c1-2-3-4-10(19)12(18)8-5-6-11(9(14)7-8)20-13(15,16)17/h5-7,10,12,19H,2-4,18H2,1H3/t10-,12+/m1/s1. The first-order valence-electron chi connectivity index (χ1n) is 6.23. The number of hydrogen-bond donors (Lipinski definition) is 2.